The number of nitrogens with one attached hydrogen (secondary N) is 1. The van der Waals surface area contributed by atoms with E-state index in [1.807, 2.05) is 25.1 Å². The third-order valence-corrected chi connectivity index (χ3v) is 5.30. The maximum Gasteiger partial charge on any atom is 0.254 e. The molecule has 1 spiro atoms. The maximum absolute atomic E-state index is 12.4. The molecule has 4 rings (SSSR count). The molecule has 1 fully saturated rings. The average molecular weight is 344 g/mol. The van der Waals surface area contributed by atoms with Crippen molar-refractivity contribution in [3.05, 3.63) is 23.3 Å². The van der Waals surface area contributed by atoms with Gasteiger partial charge < -0.3 is 14.4 Å². The molecule has 0 unspecified atom stereocenters. The van der Waals surface area contributed by atoms with E-state index in [4.69, 9.17) is 9.47 Å². The second-order valence-electron chi connectivity index (χ2n) is 7.22. The molecule has 0 atom stereocenters. The van der Waals surface area contributed by atoms with Crippen molar-refractivity contribution in [2.75, 3.05) is 34.0 Å². The molecule has 3 aliphatic rings. The summed E-state index contributed by atoms with van der Waals surface area (Å²) in [6.45, 7) is 4.95. The van der Waals surface area contributed by atoms with Gasteiger partial charge in [0, 0.05) is 33.7 Å². The monoisotopic (exact) mass is 344 g/mol. The highest BCUT2D eigenvalue weighted by molar-refractivity contribution is 6.07. The highest BCUT2D eigenvalue weighted by Gasteiger charge is 2.46. The number of carbonyl (C=O) groups excluding carboxylic acids is 1. The molecule has 0 aromatic heterocycles. The highest BCUT2D eigenvalue weighted by atomic mass is 16.7. The van der Waals surface area contributed by atoms with E-state index in [2.05, 4.69) is 28.2 Å². The fourth-order valence-electron chi connectivity index (χ4n) is 3.63. The van der Waals surface area contributed by atoms with Crippen molar-refractivity contribution in [3.8, 4) is 11.5 Å². The molecule has 0 radical (unpaired) electrons. The quantitative estimate of drug-likeness (QED) is 0.870. The molecule has 7 nitrogen and oxygen atoms in total. The number of likely N-dealkylation sites (tertiary alicyclic amines) is 1. The second kappa shape index (κ2) is 5.91. The molecular formula is C18H24N4O3. The van der Waals surface area contributed by atoms with E-state index in [-0.39, 0.29) is 5.91 Å². The number of ether oxygens (including phenoxy) is 2. The van der Waals surface area contributed by atoms with Crippen molar-refractivity contribution >= 4 is 11.9 Å². The van der Waals surface area contributed by atoms with Gasteiger partial charge >= 0.3 is 0 Å². The first kappa shape index (κ1) is 16.2. The molecule has 1 aromatic rings. The van der Waals surface area contributed by atoms with Gasteiger partial charge in [0.05, 0.1) is 0 Å². The Labute approximate surface area is 147 Å². The SMILES string of the molecule is Cc1cc2c(cc1CN1CCC3(CC1)N=C(N(C)C)NC3=O)OCO2. The summed E-state index contributed by atoms with van der Waals surface area (Å²) in [5, 5.41) is 2.90. The first-order valence-corrected chi connectivity index (χ1v) is 8.67. The van der Waals surface area contributed by atoms with Crippen molar-refractivity contribution < 1.29 is 14.3 Å². The van der Waals surface area contributed by atoms with Gasteiger partial charge in [0.1, 0.15) is 5.54 Å². The highest BCUT2D eigenvalue weighted by Crippen LogP contribution is 2.36. The Bertz CT molecular complexity index is 736. The molecule has 1 N–H and O–H groups in total. The van der Waals surface area contributed by atoms with E-state index >= 15 is 0 Å². The molecule has 1 saturated heterocycles. The third-order valence-electron chi connectivity index (χ3n) is 5.30. The van der Waals surface area contributed by atoms with Crippen molar-refractivity contribution in [2.45, 2.75) is 31.8 Å². The van der Waals surface area contributed by atoms with Crippen LogP contribution in [0.2, 0.25) is 0 Å². The Morgan fingerprint density at radius 3 is 2.56 bits per heavy atom. The minimum Gasteiger partial charge on any atom is -0.454 e. The number of benzene rings is 1. The van der Waals surface area contributed by atoms with Gasteiger partial charge in [0.25, 0.3) is 5.91 Å². The Morgan fingerprint density at radius 2 is 1.92 bits per heavy atom. The Morgan fingerprint density at radius 1 is 1.24 bits per heavy atom. The van der Waals surface area contributed by atoms with Crippen molar-refractivity contribution in [2.24, 2.45) is 4.99 Å². The molecule has 1 amide bonds. The van der Waals surface area contributed by atoms with Gasteiger partial charge in [-0.25, -0.2) is 4.99 Å². The summed E-state index contributed by atoms with van der Waals surface area (Å²) in [4.78, 5) is 21.3. The summed E-state index contributed by atoms with van der Waals surface area (Å²) >= 11 is 0. The number of aliphatic imine (C=N–C) groups is 1. The molecule has 1 aromatic carbocycles. The van der Waals surface area contributed by atoms with Crippen molar-refractivity contribution in [3.63, 3.8) is 0 Å². The topological polar surface area (TPSA) is 66.4 Å². The summed E-state index contributed by atoms with van der Waals surface area (Å²) in [6, 6.07) is 4.12. The predicted molar refractivity (Wildman–Crippen MR) is 93.8 cm³/mol. The first-order chi connectivity index (χ1) is 12.0. The number of nitrogens with zero attached hydrogens (tertiary/aromatic N) is 3. The van der Waals surface area contributed by atoms with Crippen molar-refractivity contribution in [1.29, 1.82) is 0 Å². The Balaban J connectivity index is 1.44. The van der Waals surface area contributed by atoms with Gasteiger partial charge in [-0.15, -0.1) is 0 Å². The average Bonchev–Trinajstić information content (AvgIpc) is 3.15. The van der Waals surface area contributed by atoms with Crippen LogP contribution >= 0.6 is 0 Å². The van der Waals surface area contributed by atoms with Gasteiger partial charge in [-0.3, -0.25) is 15.0 Å². The molecule has 0 bridgehead atoms. The lowest BCUT2D eigenvalue weighted by atomic mass is 9.87. The second-order valence-corrected chi connectivity index (χ2v) is 7.22. The van der Waals surface area contributed by atoms with Crippen LogP contribution in [0.4, 0.5) is 0 Å². The van der Waals surface area contributed by atoms with Crippen LogP contribution in [0.15, 0.2) is 17.1 Å². The molecule has 25 heavy (non-hydrogen) atoms. The van der Waals surface area contributed by atoms with E-state index in [1.54, 1.807) is 0 Å². The van der Waals surface area contributed by atoms with Crippen LogP contribution in [0.25, 0.3) is 0 Å². The standard InChI is InChI=1S/C18H24N4O3/c1-12-8-14-15(25-11-24-14)9-13(12)10-22-6-4-18(5-7-22)16(23)19-17(20-18)21(2)3/h8-9H,4-7,10-11H2,1-3H3,(H,19,20,23). The molecule has 0 saturated carbocycles. The zero-order valence-electron chi connectivity index (χ0n) is 15.0. The summed E-state index contributed by atoms with van der Waals surface area (Å²) < 4.78 is 10.9. The molecule has 3 heterocycles. The summed E-state index contributed by atoms with van der Waals surface area (Å²) in [7, 11) is 3.80. The molecule has 7 heteroatoms. The summed E-state index contributed by atoms with van der Waals surface area (Å²) in [5.41, 5.74) is 1.87. The molecular weight excluding hydrogens is 320 g/mol. The van der Waals surface area contributed by atoms with E-state index in [0.29, 0.717) is 12.8 Å². The number of guanidine groups is 1. The lowest BCUT2D eigenvalue weighted by molar-refractivity contribution is -0.125. The molecule has 3 aliphatic heterocycles. The van der Waals surface area contributed by atoms with Gasteiger partial charge in [0.2, 0.25) is 12.8 Å². The fraction of sp³-hybridized carbons (Fsp3) is 0.556. The Hall–Kier alpha value is -2.28. The van der Waals surface area contributed by atoms with Crippen LogP contribution in [0.3, 0.4) is 0 Å². The normalized spacial score (nSPS) is 21.4. The van der Waals surface area contributed by atoms with Crippen LogP contribution in [0.5, 0.6) is 11.5 Å². The maximum atomic E-state index is 12.4. The summed E-state index contributed by atoms with van der Waals surface area (Å²) in [6.07, 6.45) is 1.50. The minimum atomic E-state index is -0.583. The lowest BCUT2D eigenvalue weighted by Gasteiger charge is -2.35. The van der Waals surface area contributed by atoms with Gasteiger partial charge in [-0.05, 0) is 43.0 Å². The number of hydrogen-bond acceptors (Lipinski definition) is 6. The third kappa shape index (κ3) is 2.82. The number of hydrogen-bond donors (Lipinski definition) is 1. The zero-order valence-corrected chi connectivity index (χ0v) is 15.0. The van der Waals surface area contributed by atoms with E-state index in [0.717, 1.165) is 44.0 Å². The van der Waals surface area contributed by atoms with Crippen LogP contribution in [0, 0.1) is 6.92 Å². The lowest BCUT2D eigenvalue weighted by Crippen LogP contribution is -2.49. The summed E-state index contributed by atoms with van der Waals surface area (Å²) in [5.74, 6) is 2.36. The fourth-order valence-corrected chi connectivity index (χ4v) is 3.63. The first-order valence-electron chi connectivity index (χ1n) is 8.67. The van der Waals surface area contributed by atoms with Gasteiger partial charge in [0.15, 0.2) is 11.5 Å². The van der Waals surface area contributed by atoms with Crippen LogP contribution in [-0.2, 0) is 11.3 Å². The predicted octanol–water partition coefficient (Wildman–Crippen LogP) is 1.11. The number of fused-ring (bicyclic) bond motifs is 1. The van der Waals surface area contributed by atoms with E-state index in [1.165, 1.54) is 11.1 Å². The zero-order chi connectivity index (χ0) is 17.6. The number of amides is 1. The molecule has 0 aliphatic carbocycles. The number of aryl methyl sites for hydroxylation is 1. The number of carbonyl (C=O) groups is 1. The van der Waals surface area contributed by atoms with Gasteiger partial charge in [-0.1, -0.05) is 0 Å². The number of rotatable bonds is 2. The van der Waals surface area contributed by atoms with Crippen LogP contribution < -0.4 is 14.8 Å². The largest absolute Gasteiger partial charge is 0.454 e. The van der Waals surface area contributed by atoms with Crippen LogP contribution in [-0.4, -0.2) is 61.2 Å². The van der Waals surface area contributed by atoms with Crippen LogP contribution in [0.1, 0.15) is 24.0 Å². The minimum absolute atomic E-state index is 0.0371. The van der Waals surface area contributed by atoms with E-state index < -0.39 is 5.54 Å². The van der Waals surface area contributed by atoms with Gasteiger partial charge in [-0.2, -0.15) is 0 Å². The number of piperidine rings is 1. The smallest absolute Gasteiger partial charge is 0.254 e. The van der Waals surface area contributed by atoms with E-state index in [9.17, 15) is 4.79 Å². The van der Waals surface area contributed by atoms with Crippen molar-refractivity contribution in [1.82, 2.24) is 15.1 Å². The molecule has 134 valence electrons. The Kier molecular flexibility index (Phi) is 3.83.